The third-order valence-corrected chi connectivity index (χ3v) is 2.86. The Bertz CT molecular complexity index is 528. The molecule has 1 amide bonds. The second-order valence-corrected chi connectivity index (χ2v) is 4.25. The molecule has 1 aromatic heterocycles. The number of nitrogens with zero attached hydrogens (tertiary/aromatic N) is 1. The van der Waals surface area contributed by atoms with Crippen LogP contribution in [0.5, 0.6) is 0 Å². The van der Waals surface area contributed by atoms with Gasteiger partial charge in [0.25, 0.3) is 5.91 Å². The minimum atomic E-state index is -0.168. The van der Waals surface area contributed by atoms with E-state index in [0.717, 1.165) is 6.42 Å². The first-order chi connectivity index (χ1) is 8.77. The maximum Gasteiger partial charge on any atom is 0.252 e. The summed E-state index contributed by atoms with van der Waals surface area (Å²) in [6.07, 6.45) is 3.82. The van der Waals surface area contributed by atoms with Crippen molar-refractivity contribution < 1.29 is 4.79 Å². The van der Waals surface area contributed by atoms with Gasteiger partial charge in [0.05, 0.1) is 10.6 Å². The van der Waals surface area contributed by atoms with Crippen molar-refractivity contribution in [3.05, 3.63) is 64.9 Å². The quantitative estimate of drug-likeness (QED) is 0.918. The molecular formula is C14H13ClN2O. The highest BCUT2D eigenvalue weighted by Crippen LogP contribution is 2.12. The Morgan fingerprint density at radius 1 is 1.22 bits per heavy atom. The van der Waals surface area contributed by atoms with Gasteiger partial charge in [-0.15, -0.1) is 0 Å². The zero-order chi connectivity index (χ0) is 12.8. The smallest absolute Gasteiger partial charge is 0.252 e. The third kappa shape index (κ3) is 3.31. The number of hydrogen-bond donors (Lipinski definition) is 1. The van der Waals surface area contributed by atoms with Gasteiger partial charge in [-0.1, -0.05) is 41.9 Å². The van der Waals surface area contributed by atoms with E-state index >= 15 is 0 Å². The van der Waals surface area contributed by atoms with Crippen LogP contribution in [0.1, 0.15) is 15.9 Å². The Kier molecular flexibility index (Phi) is 4.31. The van der Waals surface area contributed by atoms with Gasteiger partial charge in [0.1, 0.15) is 0 Å². The Morgan fingerprint density at radius 3 is 2.72 bits per heavy atom. The number of pyridine rings is 1. The van der Waals surface area contributed by atoms with Crippen molar-refractivity contribution in [2.75, 3.05) is 6.54 Å². The van der Waals surface area contributed by atoms with E-state index in [1.807, 2.05) is 30.3 Å². The SMILES string of the molecule is O=C(NCCc1ccccc1)c1ccncc1Cl. The number of nitrogens with one attached hydrogen (secondary N) is 1. The number of aromatic nitrogens is 1. The standard InChI is InChI=1S/C14H13ClN2O/c15-13-10-16-8-7-12(13)14(18)17-9-6-11-4-2-1-3-5-11/h1-5,7-8,10H,6,9H2,(H,17,18). The summed E-state index contributed by atoms with van der Waals surface area (Å²) in [6.45, 7) is 0.585. The Morgan fingerprint density at radius 2 is 2.00 bits per heavy atom. The first kappa shape index (κ1) is 12.6. The Labute approximate surface area is 111 Å². The number of amides is 1. The zero-order valence-corrected chi connectivity index (χ0v) is 10.5. The molecule has 0 aliphatic rings. The van der Waals surface area contributed by atoms with Crippen LogP contribution < -0.4 is 5.32 Å². The van der Waals surface area contributed by atoms with E-state index in [9.17, 15) is 4.79 Å². The fourth-order valence-corrected chi connectivity index (χ4v) is 1.82. The summed E-state index contributed by atoms with van der Waals surface area (Å²) in [6, 6.07) is 11.6. The van der Waals surface area contributed by atoms with E-state index in [0.29, 0.717) is 17.1 Å². The fourth-order valence-electron chi connectivity index (χ4n) is 1.62. The molecule has 1 N–H and O–H groups in total. The molecule has 0 bridgehead atoms. The number of benzene rings is 1. The molecule has 0 radical (unpaired) electrons. The molecule has 1 heterocycles. The van der Waals surface area contributed by atoms with Crippen LogP contribution >= 0.6 is 11.6 Å². The zero-order valence-electron chi connectivity index (χ0n) is 9.77. The third-order valence-electron chi connectivity index (χ3n) is 2.56. The molecule has 18 heavy (non-hydrogen) atoms. The predicted octanol–water partition coefficient (Wildman–Crippen LogP) is 2.71. The molecule has 0 aliphatic heterocycles. The topological polar surface area (TPSA) is 42.0 Å². The van der Waals surface area contributed by atoms with Gasteiger partial charge in [-0.2, -0.15) is 0 Å². The van der Waals surface area contributed by atoms with E-state index in [1.165, 1.54) is 11.8 Å². The van der Waals surface area contributed by atoms with Gasteiger partial charge in [0.2, 0.25) is 0 Å². The highest BCUT2D eigenvalue weighted by atomic mass is 35.5. The summed E-state index contributed by atoms with van der Waals surface area (Å²) in [5.74, 6) is -0.168. The normalized spacial score (nSPS) is 10.1. The van der Waals surface area contributed by atoms with Crippen LogP contribution in [0.25, 0.3) is 0 Å². The average molecular weight is 261 g/mol. The lowest BCUT2D eigenvalue weighted by Gasteiger charge is -2.06. The van der Waals surface area contributed by atoms with Gasteiger partial charge in [-0.05, 0) is 18.1 Å². The molecule has 0 atom stereocenters. The van der Waals surface area contributed by atoms with Gasteiger partial charge < -0.3 is 5.32 Å². The Balaban J connectivity index is 1.88. The second kappa shape index (κ2) is 6.17. The average Bonchev–Trinajstić information content (AvgIpc) is 2.40. The maximum absolute atomic E-state index is 11.8. The lowest BCUT2D eigenvalue weighted by atomic mass is 10.1. The van der Waals surface area contributed by atoms with Crippen molar-refractivity contribution in [2.45, 2.75) is 6.42 Å². The molecule has 0 saturated heterocycles. The second-order valence-electron chi connectivity index (χ2n) is 3.85. The Hall–Kier alpha value is -1.87. The lowest BCUT2D eigenvalue weighted by Crippen LogP contribution is -2.25. The van der Waals surface area contributed by atoms with E-state index in [1.54, 1.807) is 12.3 Å². The maximum atomic E-state index is 11.8. The summed E-state index contributed by atoms with van der Waals surface area (Å²) in [5, 5.41) is 3.21. The summed E-state index contributed by atoms with van der Waals surface area (Å²) < 4.78 is 0. The number of rotatable bonds is 4. The first-order valence-electron chi connectivity index (χ1n) is 5.69. The number of carbonyl (C=O) groups excluding carboxylic acids is 1. The summed E-state index contributed by atoms with van der Waals surface area (Å²) in [5.41, 5.74) is 1.65. The molecule has 92 valence electrons. The van der Waals surface area contributed by atoms with Gasteiger partial charge in [-0.3, -0.25) is 9.78 Å². The molecule has 0 aliphatic carbocycles. The molecule has 0 saturated carbocycles. The predicted molar refractivity (Wildman–Crippen MR) is 71.7 cm³/mol. The van der Waals surface area contributed by atoms with E-state index in [-0.39, 0.29) is 5.91 Å². The molecule has 0 fully saturated rings. The van der Waals surface area contributed by atoms with E-state index in [4.69, 9.17) is 11.6 Å². The van der Waals surface area contributed by atoms with Gasteiger partial charge in [0, 0.05) is 18.9 Å². The highest BCUT2D eigenvalue weighted by molar-refractivity contribution is 6.33. The molecule has 0 spiro atoms. The number of carbonyl (C=O) groups is 1. The first-order valence-corrected chi connectivity index (χ1v) is 6.07. The minimum absolute atomic E-state index is 0.168. The molecule has 2 rings (SSSR count). The van der Waals surface area contributed by atoms with Crippen molar-refractivity contribution in [1.82, 2.24) is 10.3 Å². The van der Waals surface area contributed by atoms with Gasteiger partial charge in [-0.25, -0.2) is 0 Å². The highest BCUT2D eigenvalue weighted by Gasteiger charge is 2.08. The summed E-state index contributed by atoms with van der Waals surface area (Å²) >= 11 is 5.89. The van der Waals surface area contributed by atoms with Crippen LogP contribution in [0.2, 0.25) is 5.02 Å². The van der Waals surface area contributed by atoms with E-state index in [2.05, 4.69) is 10.3 Å². The molecule has 0 unspecified atom stereocenters. The monoisotopic (exact) mass is 260 g/mol. The van der Waals surface area contributed by atoms with Crippen LogP contribution in [0, 0.1) is 0 Å². The molecule has 4 heteroatoms. The molecule has 3 nitrogen and oxygen atoms in total. The van der Waals surface area contributed by atoms with Crippen LogP contribution in [0.3, 0.4) is 0 Å². The van der Waals surface area contributed by atoms with Crippen molar-refractivity contribution in [2.24, 2.45) is 0 Å². The van der Waals surface area contributed by atoms with Crippen molar-refractivity contribution >= 4 is 17.5 Å². The number of hydrogen-bond acceptors (Lipinski definition) is 2. The van der Waals surface area contributed by atoms with Crippen molar-refractivity contribution in [3.63, 3.8) is 0 Å². The minimum Gasteiger partial charge on any atom is -0.352 e. The largest absolute Gasteiger partial charge is 0.352 e. The van der Waals surface area contributed by atoms with Crippen LogP contribution in [-0.4, -0.2) is 17.4 Å². The van der Waals surface area contributed by atoms with Crippen molar-refractivity contribution in [1.29, 1.82) is 0 Å². The molecular weight excluding hydrogens is 248 g/mol. The van der Waals surface area contributed by atoms with Crippen LogP contribution in [0.15, 0.2) is 48.8 Å². The van der Waals surface area contributed by atoms with Crippen LogP contribution in [0.4, 0.5) is 0 Å². The van der Waals surface area contributed by atoms with Crippen LogP contribution in [-0.2, 0) is 6.42 Å². The van der Waals surface area contributed by atoms with E-state index < -0.39 is 0 Å². The van der Waals surface area contributed by atoms with Gasteiger partial charge in [0.15, 0.2) is 0 Å². The summed E-state index contributed by atoms with van der Waals surface area (Å²) in [4.78, 5) is 15.7. The summed E-state index contributed by atoms with van der Waals surface area (Å²) in [7, 11) is 0. The molecule has 2 aromatic rings. The fraction of sp³-hybridized carbons (Fsp3) is 0.143. The number of halogens is 1. The van der Waals surface area contributed by atoms with Crippen molar-refractivity contribution in [3.8, 4) is 0 Å². The molecule has 1 aromatic carbocycles. The lowest BCUT2D eigenvalue weighted by molar-refractivity contribution is 0.0954. The van der Waals surface area contributed by atoms with Gasteiger partial charge >= 0.3 is 0 Å².